The number of hydrogen-bond acceptors (Lipinski definition) is 7. The number of benzene rings is 2. The third kappa shape index (κ3) is 6.41. The highest BCUT2D eigenvalue weighted by Crippen LogP contribution is 2.71. The summed E-state index contributed by atoms with van der Waals surface area (Å²) in [6.45, 7) is 11.2. The molecule has 0 aliphatic carbocycles. The van der Waals surface area contributed by atoms with E-state index in [4.69, 9.17) is 4.74 Å². The lowest BCUT2D eigenvalue weighted by Gasteiger charge is -2.35. The smallest absolute Gasteiger partial charge is 0.248 e. The van der Waals surface area contributed by atoms with Gasteiger partial charge in [-0.25, -0.2) is 0 Å². The lowest BCUT2D eigenvalue weighted by molar-refractivity contribution is -0.139. The number of unbranched alkanes of at least 4 members (excludes halogenated alkanes) is 3. The van der Waals surface area contributed by atoms with Gasteiger partial charge in [0.25, 0.3) is 0 Å². The van der Waals surface area contributed by atoms with Crippen molar-refractivity contribution in [3.05, 3.63) is 48.5 Å². The van der Waals surface area contributed by atoms with Crippen LogP contribution in [0, 0.1) is 11.8 Å². The molecule has 2 aromatic carbocycles. The number of ether oxygens (including phenoxy) is 1. The van der Waals surface area contributed by atoms with Crippen LogP contribution in [0.25, 0.3) is 0 Å². The molecule has 3 saturated heterocycles. The Morgan fingerprint density at radius 1 is 0.933 bits per heavy atom. The van der Waals surface area contributed by atoms with Crippen LogP contribution in [0.15, 0.2) is 48.5 Å². The SMILES string of the molecule is CCOc1ccc(NC(=O)[C@@H]2[C@H]3C(=O)N(CCCCCCO)C(C(=O)Nc4ccc(N(CC)CC)cc4)C34CC[C@@]2(C)S4)cc1. The van der Waals surface area contributed by atoms with Crippen LogP contribution in [0.1, 0.15) is 66.2 Å². The molecule has 9 nitrogen and oxygen atoms in total. The topological polar surface area (TPSA) is 111 Å². The number of thioether (sulfide) groups is 1. The summed E-state index contributed by atoms with van der Waals surface area (Å²) in [6, 6.07) is 14.5. The molecule has 1 spiro atoms. The molecule has 2 unspecified atom stereocenters. The molecule has 0 radical (unpaired) electrons. The number of carbonyl (C=O) groups is 3. The maximum absolute atomic E-state index is 14.4. The minimum Gasteiger partial charge on any atom is -0.494 e. The number of aliphatic hydroxyl groups excluding tert-OH is 1. The normalized spacial score (nSPS) is 26.6. The molecular formula is C35H48N4O5S. The van der Waals surface area contributed by atoms with Crippen LogP contribution in [0.5, 0.6) is 5.75 Å². The van der Waals surface area contributed by atoms with Gasteiger partial charge in [-0.1, -0.05) is 12.8 Å². The summed E-state index contributed by atoms with van der Waals surface area (Å²) < 4.78 is 4.41. The van der Waals surface area contributed by atoms with E-state index in [9.17, 15) is 19.5 Å². The first-order chi connectivity index (χ1) is 21.7. The second-order valence-electron chi connectivity index (χ2n) is 12.6. The number of fused-ring (bicyclic) bond motifs is 1. The van der Waals surface area contributed by atoms with Crippen LogP contribution < -0.4 is 20.3 Å². The van der Waals surface area contributed by atoms with Gasteiger partial charge in [0.2, 0.25) is 17.7 Å². The Morgan fingerprint density at radius 2 is 1.56 bits per heavy atom. The number of rotatable bonds is 15. The molecule has 3 N–H and O–H groups in total. The van der Waals surface area contributed by atoms with Crippen LogP contribution in [0.2, 0.25) is 0 Å². The molecule has 3 aliphatic heterocycles. The Balaban J connectivity index is 1.40. The van der Waals surface area contributed by atoms with Crippen molar-refractivity contribution in [1.82, 2.24) is 4.90 Å². The summed E-state index contributed by atoms with van der Waals surface area (Å²) in [5, 5.41) is 15.4. The number of hydrogen-bond donors (Lipinski definition) is 3. The standard InChI is InChI=1S/C35H48N4O5S/c1-5-38(6-2)26-16-12-24(13-17-26)37-32(42)30-35-21-20-34(4,45-35)28(29(35)33(43)39(30)22-10-8-9-11-23-40)31(41)36-25-14-18-27(19-15-25)44-7-3/h12-19,28-30,40H,5-11,20-23H2,1-4H3,(H,36,41)(H,37,42)/t28-,29-,30?,34+,35?/m0/s1. The van der Waals surface area contributed by atoms with Gasteiger partial charge < -0.3 is 30.3 Å². The fourth-order valence-electron chi connectivity index (χ4n) is 7.69. The van der Waals surface area contributed by atoms with Gasteiger partial charge in [-0.3, -0.25) is 14.4 Å². The summed E-state index contributed by atoms with van der Waals surface area (Å²) >= 11 is 1.68. The van der Waals surface area contributed by atoms with Crippen molar-refractivity contribution >= 4 is 46.5 Å². The van der Waals surface area contributed by atoms with E-state index in [1.165, 1.54) is 0 Å². The third-order valence-corrected chi connectivity index (χ3v) is 11.8. The highest BCUT2D eigenvalue weighted by molar-refractivity contribution is 8.02. The molecule has 2 bridgehead atoms. The molecule has 5 rings (SSSR count). The Hall–Kier alpha value is -3.24. The van der Waals surface area contributed by atoms with E-state index in [1.807, 2.05) is 55.5 Å². The molecule has 3 fully saturated rings. The molecular weight excluding hydrogens is 588 g/mol. The summed E-state index contributed by atoms with van der Waals surface area (Å²) in [4.78, 5) is 46.6. The number of aliphatic hydroxyl groups is 1. The van der Waals surface area contributed by atoms with E-state index >= 15 is 0 Å². The minimum atomic E-state index is -0.678. The molecule has 3 amide bonds. The van der Waals surface area contributed by atoms with E-state index in [0.29, 0.717) is 30.9 Å². The minimum absolute atomic E-state index is 0.100. The van der Waals surface area contributed by atoms with E-state index in [2.05, 4.69) is 36.3 Å². The lowest BCUT2D eigenvalue weighted by Crippen LogP contribution is -2.51. The fourth-order valence-corrected chi connectivity index (χ4v) is 10.0. The number of anilines is 3. The zero-order valence-electron chi connectivity index (χ0n) is 27.0. The number of nitrogens with one attached hydrogen (secondary N) is 2. The van der Waals surface area contributed by atoms with Crippen LogP contribution in [-0.2, 0) is 14.4 Å². The summed E-state index contributed by atoms with van der Waals surface area (Å²) in [5.41, 5.74) is 2.44. The van der Waals surface area contributed by atoms with Gasteiger partial charge in [0.05, 0.1) is 23.2 Å². The molecule has 3 heterocycles. The van der Waals surface area contributed by atoms with Crippen molar-refractivity contribution in [1.29, 1.82) is 0 Å². The predicted octanol–water partition coefficient (Wildman–Crippen LogP) is 5.54. The van der Waals surface area contributed by atoms with Gasteiger partial charge >= 0.3 is 0 Å². The van der Waals surface area contributed by atoms with Gasteiger partial charge in [0, 0.05) is 48.1 Å². The number of likely N-dealkylation sites (tertiary alicyclic amines) is 1. The monoisotopic (exact) mass is 636 g/mol. The first-order valence-electron chi connectivity index (χ1n) is 16.5. The van der Waals surface area contributed by atoms with Crippen molar-refractivity contribution in [2.24, 2.45) is 11.8 Å². The lowest BCUT2D eigenvalue weighted by atomic mass is 9.66. The third-order valence-electron chi connectivity index (χ3n) is 9.81. The number of carbonyl (C=O) groups excluding carboxylic acids is 3. The van der Waals surface area contributed by atoms with E-state index in [0.717, 1.165) is 56.6 Å². The van der Waals surface area contributed by atoms with Crippen LogP contribution in [-0.4, -0.2) is 76.1 Å². The maximum Gasteiger partial charge on any atom is 0.248 e. The molecule has 2 aromatic rings. The molecule has 10 heteroatoms. The van der Waals surface area contributed by atoms with Crippen molar-refractivity contribution in [2.45, 2.75) is 81.8 Å². The predicted molar refractivity (Wildman–Crippen MR) is 181 cm³/mol. The Morgan fingerprint density at radius 3 is 2.18 bits per heavy atom. The number of amides is 3. The van der Waals surface area contributed by atoms with Crippen molar-refractivity contribution < 1.29 is 24.2 Å². The number of nitrogens with zero attached hydrogens (tertiary/aromatic N) is 2. The fraction of sp³-hybridized carbons (Fsp3) is 0.571. The molecule has 244 valence electrons. The van der Waals surface area contributed by atoms with Gasteiger partial charge in [-0.2, -0.15) is 0 Å². The van der Waals surface area contributed by atoms with Gasteiger partial charge in [-0.05, 0) is 102 Å². The second-order valence-corrected chi connectivity index (χ2v) is 14.4. The molecule has 3 aliphatic rings. The zero-order valence-corrected chi connectivity index (χ0v) is 27.8. The Bertz CT molecular complexity index is 1350. The summed E-state index contributed by atoms with van der Waals surface area (Å²) in [7, 11) is 0. The van der Waals surface area contributed by atoms with Crippen LogP contribution in [0.4, 0.5) is 17.1 Å². The average molecular weight is 637 g/mol. The Labute approximate surface area is 271 Å². The van der Waals surface area contributed by atoms with Crippen molar-refractivity contribution in [2.75, 3.05) is 48.4 Å². The molecule has 5 atom stereocenters. The average Bonchev–Trinajstić information content (AvgIpc) is 3.60. The second kappa shape index (κ2) is 14.0. The van der Waals surface area contributed by atoms with E-state index in [1.54, 1.807) is 16.7 Å². The highest BCUT2D eigenvalue weighted by atomic mass is 32.2. The van der Waals surface area contributed by atoms with Crippen LogP contribution >= 0.6 is 11.8 Å². The maximum atomic E-state index is 14.4. The molecule has 45 heavy (non-hydrogen) atoms. The van der Waals surface area contributed by atoms with E-state index in [-0.39, 0.29) is 24.3 Å². The first kappa shape index (κ1) is 33.1. The van der Waals surface area contributed by atoms with Crippen molar-refractivity contribution in [3.8, 4) is 5.75 Å². The van der Waals surface area contributed by atoms with Crippen molar-refractivity contribution in [3.63, 3.8) is 0 Å². The quantitative estimate of drug-likeness (QED) is 0.220. The largest absolute Gasteiger partial charge is 0.494 e. The molecule has 0 saturated carbocycles. The van der Waals surface area contributed by atoms with Crippen LogP contribution in [0.3, 0.4) is 0 Å². The van der Waals surface area contributed by atoms with Gasteiger partial charge in [-0.15, -0.1) is 11.8 Å². The molecule has 0 aromatic heterocycles. The van der Waals surface area contributed by atoms with Gasteiger partial charge in [0.1, 0.15) is 11.8 Å². The first-order valence-corrected chi connectivity index (χ1v) is 17.3. The summed E-state index contributed by atoms with van der Waals surface area (Å²) in [6.07, 6.45) is 4.64. The van der Waals surface area contributed by atoms with Gasteiger partial charge in [0.15, 0.2) is 0 Å². The zero-order chi connectivity index (χ0) is 32.2. The highest BCUT2D eigenvalue weighted by Gasteiger charge is 2.77. The summed E-state index contributed by atoms with van der Waals surface area (Å²) in [5.74, 6) is -0.877. The Kier molecular flexibility index (Phi) is 10.3. The van der Waals surface area contributed by atoms with E-state index < -0.39 is 27.4 Å².